The quantitative estimate of drug-likeness (QED) is 0.208. The summed E-state index contributed by atoms with van der Waals surface area (Å²) in [5, 5.41) is 36.2. The molecule has 14 heteroatoms. The lowest BCUT2D eigenvalue weighted by Crippen LogP contribution is -2.40. The van der Waals surface area contributed by atoms with Crippen molar-refractivity contribution < 1.29 is 52.0 Å². The number of carbonyl (C=O) groups excluding carboxylic acids is 1. The number of carboxylic acid groups (broad SMARTS) is 1. The van der Waals surface area contributed by atoms with Crippen molar-refractivity contribution in [3.05, 3.63) is 71.7 Å². The maximum atomic E-state index is 13.7. The molecule has 10 nitrogen and oxygen atoms in total. The first-order chi connectivity index (χ1) is 19.2. The van der Waals surface area contributed by atoms with Crippen LogP contribution in [0.15, 0.2) is 65.4 Å². The summed E-state index contributed by atoms with van der Waals surface area (Å²) in [5.74, 6) is -3.05. The van der Waals surface area contributed by atoms with Crippen molar-refractivity contribution in [1.82, 2.24) is 10.1 Å². The number of rotatable bonds is 13. The molecule has 1 aliphatic heterocycles. The molecule has 1 amide bonds. The van der Waals surface area contributed by atoms with Crippen molar-refractivity contribution >= 4 is 23.3 Å². The predicted molar refractivity (Wildman–Crippen MR) is 138 cm³/mol. The summed E-state index contributed by atoms with van der Waals surface area (Å²) >= 11 is 0. The Balaban J connectivity index is 1.82. The zero-order valence-electron chi connectivity index (χ0n) is 22.1. The third kappa shape index (κ3) is 9.08. The Morgan fingerprint density at radius 2 is 1.66 bits per heavy atom. The number of quaternary nitrogens is 1. The van der Waals surface area contributed by atoms with Crippen molar-refractivity contribution in [2.45, 2.75) is 51.8 Å². The first-order valence-electron chi connectivity index (χ1n) is 12.5. The van der Waals surface area contributed by atoms with Crippen LogP contribution in [-0.4, -0.2) is 58.1 Å². The van der Waals surface area contributed by atoms with Crippen molar-refractivity contribution in [1.29, 1.82) is 0 Å². The van der Waals surface area contributed by atoms with Crippen LogP contribution in [0.25, 0.3) is 0 Å². The van der Waals surface area contributed by atoms with Gasteiger partial charge >= 0.3 is 12.3 Å². The summed E-state index contributed by atoms with van der Waals surface area (Å²) in [4.78, 5) is 30.0. The number of alkyl halides is 3. The SMILES string of the molecule is CC(C)C1=C[N+](OC[C@@H](O)C[C@@H](O)CC(=O)O)(c2ccc(F)cc2)N=C1C(=O)NCc1ccc(OC(F)(F)F)cc1. The van der Waals surface area contributed by atoms with E-state index in [2.05, 4.69) is 15.2 Å². The lowest BCUT2D eigenvalue weighted by molar-refractivity contribution is -0.274. The van der Waals surface area contributed by atoms with E-state index in [1.165, 1.54) is 30.5 Å². The highest BCUT2D eigenvalue weighted by molar-refractivity contribution is 6.46. The summed E-state index contributed by atoms with van der Waals surface area (Å²) in [6.07, 6.45) is -6.83. The summed E-state index contributed by atoms with van der Waals surface area (Å²) in [6.45, 7) is 3.12. The second-order valence-corrected chi connectivity index (χ2v) is 9.60. The molecule has 0 spiro atoms. The fraction of sp³-hybridized carbons (Fsp3) is 0.370. The van der Waals surface area contributed by atoms with Crippen LogP contribution < -0.4 is 14.8 Å². The molecule has 1 aliphatic rings. The number of hydrogen-bond donors (Lipinski definition) is 4. The number of ether oxygens (including phenoxy) is 1. The zero-order chi connectivity index (χ0) is 30.4. The number of amides is 1. The monoisotopic (exact) mass is 584 g/mol. The highest BCUT2D eigenvalue weighted by Gasteiger charge is 2.43. The Labute approximate surface area is 232 Å². The molecule has 3 rings (SSSR count). The molecule has 0 bridgehead atoms. The van der Waals surface area contributed by atoms with Gasteiger partial charge in [0.1, 0.15) is 18.2 Å². The van der Waals surface area contributed by atoms with Gasteiger partial charge in [0.2, 0.25) is 0 Å². The van der Waals surface area contributed by atoms with E-state index < -0.39 is 59.8 Å². The minimum Gasteiger partial charge on any atom is -0.481 e. The molecule has 4 N–H and O–H groups in total. The van der Waals surface area contributed by atoms with E-state index >= 15 is 0 Å². The van der Waals surface area contributed by atoms with E-state index in [0.717, 1.165) is 24.3 Å². The summed E-state index contributed by atoms with van der Waals surface area (Å²) in [5.41, 5.74) is 1.20. The van der Waals surface area contributed by atoms with Crippen LogP contribution in [0.2, 0.25) is 0 Å². The van der Waals surface area contributed by atoms with Crippen LogP contribution >= 0.6 is 0 Å². The van der Waals surface area contributed by atoms with Crippen LogP contribution in [0, 0.1) is 11.7 Å². The number of halogens is 4. The van der Waals surface area contributed by atoms with E-state index in [0.29, 0.717) is 11.1 Å². The minimum absolute atomic E-state index is 0.0262. The molecule has 1 unspecified atom stereocenters. The molecule has 0 saturated carbocycles. The van der Waals surface area contributed by atoms with Gasteiger partial charge in [0.15, 0.2) is 17.6 Å². The molecule has 0 saturated heterocycles. The van der Waals surface area contributed by atoms with Crippen LogP contribution in [0.5, 0.6) is 5.75 Å². The van der Waals surface area contributed by atoms with Crippen LogP contribution in [-0.2, 0) is 21.0 Å². The summed E-state index contributed by atoms with van der Waals surface area (Å²) in [6, 6.07) is 10.0. The highest BCUT2D eigenvalue weighted by Crippen LogP contribution is 2.34. The first-order valence-corrected chi connectivity index (χ1v) is 12.5. The van der Waals surface area contributed by atoms with Gasteiger partial charge in [-0.25, -0.2) is 4.39 Å². The van der Waals surface area contributed by atoms with E-state index in [4.69, 9.17) is 9.94 Å². The maximum Gasteiger partial charge on any atom is 0.573 e. The smallest absolute Gasteiger partial charge is 0.481 e. The lowest BCUT2D eigenvalue weighted by Gasteiger charge is -2.24. The Kier molecular flexibility index (Phi) is 10.2. The standard InChI is InChI=1S/C27H29F4N3O7/c1-16(2)23-14-34(19-7-5-18(28)6-8-19,40-15-21(36)11-20(35)12-24(37)38)33-25(23)26(39)32-13-17-3-9-22(10-4-17)41-27(29,30)31/h3-10,14,16,20-21,35-36H,11-13,15H2,1-2H3,(H-,32,37,38,39)/p+1/t20-,21+,34?/m1/s1. The molecule has 222 valence electrons. The molecule has 0 aromatic heterocycles. The third-order valence-electron chi connectivity index (χ3n) is 5.90. The average Bonchev–Trinajstić information content (AvgIpc) is 3.27. The number of nitrogens with one attached hydrogen (secondary N) is 1. The third-order valence-corrected chi connectivity index (χ3v) is 5.90. The van der Waals surface area contributed by atoms with Gasteiger partial charge in [0.05, 0.1) is 24.2 Å². The Morgan fingerprint density at radius 1 is 1.02 bits per heavy atom. The van der Waals surface area contributed by atoms with Crippen molar-refractivity contribution in [2.75, 3.05) is 6.61 Å². The fourth-order valence-corrected chi connectivity index (χ4v) is 3.95. The molecule has 2 aromatic carbocycles. The number of nitrogens with zero attached hydrogens (tertiary/aromatic N) is 2. The van der Waals surface area contributed by atoms with Crippen LogP contribution in [0.1, 0.15) is 32.3 Å². The molecule has 3 atom stereocenters. The Hall–Kier alpha value is -3.85. The molecular weight excluding hydrogens is 554 g/mol. The van der Waals surface area contributed by atoms with Gasteiger partial charge in [-0.1, -0.05) is 26.0 Å². The van der Waals surface area contributed by atoms with Crippen molar-refractivity contribution in [3.8, 4) is 5.75 Å². The molecule has 1 heterocycles. The van der Waals surface area contributed by atoms with Crippen LogP contribution in [0.4, 0.5) is 23.2 Å². The fourth-order valence-electron chi connectivity index (χ4n) is 3.95. The van der Waals surface area contributed by atoms with Crippen molar-refractivity contribution in [3.63, 3.8) is 0 Å². The van der Waals surface area contributed by atoms with Gasteiger partial charge in [-0.2, -0.15) is 4.84 Å². The zero-order valence-corrected chi connectivity index (χ0v) is 22.1. The molecular formula is C27H30F4N3O7+. The van der Waals surface area contributed by atoms with E-state index in [1.807, 2.05) is 0 Å². The highest BCUT2D eigenvalue weighted by atomic mass is 19.4. The largest absolute Gasteiger partial charge is 0.573 e. The Morgan fingerprint density at radius 3 is 2.22 bits per heavy atom. The molecule has 0 fully saturated rings. The number of carbonyl (C=O) groups is 2. The molecule has 2 aromatic rings. The minimum atomic E-state index is -4.83. The second kappa shape index (κ2) is 13.2. The molecule has 41 heavy (non-hydrogen) atoms. The number of aliphatic carboxylic acids is 1. The van der Waals surface area contributed by atoms with Gasteiger partial charge in [0, 0.05) is 29.9 Å². The van der Waals surface area contributed by atoms with E-state index in [1.54, 1.807) is 13.8 Å². The summed E-state index contributed by atoms with van der Waals surface area (Å²) < 4.78 is 54.0. The van der Waals surface area contributed by atoms with Gasteiger partial charge in [-0.05, 0) is 40.8 Å². The second-order valence-electron chi connectivity index (χ2n) is 9.60. The summed E-state index contributed by atoms with van der Waals surface area (Å²) in [7, 11) is 0. The molecule has 0 aliphatic carbocycles. The number of hydroxylamine groups is 1. The van der Waals surface area contributed by atoms with E-state index in [-0.39, 0.29) is 30.3 Å². The topological polar surface area (TPSA) is 138 Å². The van der Waals surface area contributed by atoms with Gasteiger partial charge in [0.25, 0.3) is 5.91 Å². The number of aliphatic hydroxyl groups is 2. The number of aliphatic hydroxyl groups excluding tert-OH is 2. The maximum absolute atomic E-state index is 13.7. The van der Waals surface area contributed by atoms with Gasteiger partial charge in [-0.3, -0.25) is 9.59 Å². The van der Waals surface area contributed by atoms with Crippen molar-refractivity contribution in [2.24, 2.45) is 11.0 Å². The normalized spacial score (nSPS) is 18.5. The van der Waals surface area contributed by atoms with Gasteiger partial charge < -0.3 is 25.4 Å². The Bertz CT molecular complexity index is 1280. The first kappa shape index (κ1) is 31.7. The molecule has 0 radical (unpaired) electrons. The average molecular weight is 585 g/mol. The number of carboxylic acids is 1. The predicted octanol–water partition coefficient (Wildman–Crippen LogP) is 3.78. The van der Waals surface area contributed by atoms with Gasteiger partial charge in [-0.15, -0.1) is 13.2 Å². The van der Waals surface area contributed by atoms with Crippen LogP contribution in [0.3, 0.4) is 0 Å². The number of hydrogen-bond acceptors (Lipinski definition) is 7. The lowest BCUT2D eigenvalue weighted by atomic mass is 9.99. The number of benzene rings is 2. The van der Waals surface area contributed by atoms with E-state index in [9.17, 15) is 37.4 Å².